The van der Waals surface area contributed by atoms with E-state index in [0.29, 0.717) is 17.8 Å². The third-order valence-corrected chi connectivity index (χ3v) is 5.84. The number of amides is 2. The van der Waals surface area contributed by atoms with Crippen LogP contribution in [-0.2, 0) is 14.3 Å². The van der Waals surface area contributed by atoms with Crippen LogP contribution in [0.2, 0.25) is 0 Å². The molecule has 1 fully saturated rings. The third-order valence-electron chi connectivity index (χ3n) is 5.84. The van der Waals surface area contributed by atoms with Crippen molar-refractivity contribution in [2.45, 2.75) is 6.42 Å². The summed E-state index contributed by atoms with van der Waals surface area (Å²) in [5.41, 5.74) is 3.35. The summed E-state index contributed by atoms with van der Waals surface area (Å²) in [6.45, 7) is 4.51. The van der Waals surface area contributed by atoms with Gasteiger partial charge in [-0.15, -0.1) is 0 Å². The Balaban J connectivity index is 1.53. The average molecular weight is 435 g/mol. The number of nitrogens with one attached hydrogen (secondary N) is 1. The second-order valence-corrected chi connectivity index (χ2v) is 8.25. The standard InChI is InChI=1S/C25H30N4O3/c1-27(2)21-11-9-20(10-12-21)26-23-22(19-7-4-3-5-8-19)24(30)29(25(23)31)14-6-13-28-15-17-32-18-16-28/h3-5,7-12,26H,6,13-18H2,1-2H3. The van der Waals surface area contributed by atoms with Crippen LogP contribution in [0.3, 0.4) is 0 Å². The molecule has 0 atom stereocenters. The van der Waals surface area contributed by atoms with Crippen molar-refractivity contribution in [3.05, 3.63) is 65.9 Å². The Hall–Kier alpha value is -3.16. The minimum Gasteiger partial charge on any atom is -0.379 e. The highest BCUT2D eigenvalue weighted by atomic mass is 16.5. The van der Waals surface area contributed by atoms with Crippen molar-refractivity contribution < 1.29 is 14.3 Å². The maximum atomic E-state index is 13.3. The molecule has 0 aliphatic carbocycles. The normalized spacial score (nSPS) is 17.2. The van der Waals surface area contributed by atoms with Crippen molar-refractivity contribution in [3.63, 3.8) is 0 Å². The molecule has 0 aromatic heterocycles. The number of carbonyl (C=O) groups is 2. The summed E-state index contributed by atoms with van der Waals surface area (Å²) < 4.78 is 5.39. The minimum absolute atomic E-state index is 0.240. The van der Waals surface area contributed by atoms with E-state index in [2.05, 4.69) is 10.2 Å². The van der Waals surface area contributed by atoms with Crippen LogP contribution in [0, 0.1) is 0 Å². The molecule has 0 radical (unpaired) electrons. The van der Waals surface area contributed by atoms with Gasteiger partial charge in [-0.05, 0) is 36.2 Å². The molecule has 7 nitrogen and oxygen atoms in total. The second kappa shape index (κ2) is 9.97. The molecule has 2 aromatic rings. The Morgan fingerprint density at radius 3 is 2.25 bits per heavy atom. The lowest BCUT2D eigenvalue weighted by Crippen LogP contribution is -2.39. The molecule has 0 spiro atoms. The van der Waals surface area contributed by atoms with Crippen molar-refractivity contribution >= 4 is 28.8 Å². The maximum Gasteiger partial charge on any atom is 0.278 e. The molecule has 0 saturated carbocycles. The first-order valence-corrected chi connectivity index (χ1v) is 11.0. The van der Waals surface area contributed by atoms with Gasteiger partial charge in [-0.3, -0.25) is 19.4 Å². The Labute approximate surface area is 189 Å². The van der Waals surface area contributed by atoms with E-state index >= 15 is 0 Å². The van der Waals surface area contributed by atoms with Crippen molar-refractivity contribution in [1.29, 1.82) is 0 Å². The molecule has 32 heavy (non-hydrogen) atoms. The van der Waals surface area contributed by atoms with Crippen LogP contribution < -0.4 is 10.2 Å². The van der Waals surface area contributed by atoms with E-state index in [0.717, 1.165) is 56.2 Å². The molecule has 1 N–H and O–H groups in total. The summed E-state index contributed by atoms with van der Waals surface area (Å²) in [4.78, 5) is 32.3. The number of hydrogen-bond donors (Lipinski definition) is 1. The predicted molar refractivity (Wildman–Crippen MR) is 126 cm³/mol. The molecule has 0 bridgehead atoms. The summed E-state index contributed by atoms with van der Waals surface area (Å²) >= 11 is 0. The van der Waals surface area contributed by atoms with E-state index in [-0.39, 0.29) is 11.8 Å². The first kappa shape index (κ1) is 22.0. The lowest BCUT2D eigenvalue weighted by Gasteiger charge is -2.27. The number of morpholine rings is 1. The van der Waals surface area contributed by atoms with Gasteiger partial charge in [0.15, 0.2) is 0 Å². The smallest absolute Gasteiger partial charge is 0.278 e. The summed E-state index contributed by atoms with van der Waals surface area (Å²) in [6.07, 6.45) is 0.740. The first-order valence-electron chi connectivity index (χ1n) is 11.0. The van der Waals surface area contributed by atoms with E-state index in [1.807, 2.05) is 73.6 Å². The number of anilines is 2. The summed E-state index contributed by atoms with van der Waals surface area (Å²) in [5, 5.41) is 3.23. The van der Waals surface area contributed by atoms with Gasteiger partial charge in [-0.25, -0.2) is 0 Å². The van der Waals surface area contributed by atoms with Crippen molar-refractivity contribution in [2.24, 2.45) is 0 Å². The van der Waals surface area contributed by atoms with Crippen molar-refractivity contribution in [2.75, 3.05) is 63.7 Å². The van der Waals surface area contributed by atoms with Crippen LogP contribution in [0.5, 0.6) is 0 Å². The monoisotopic (exact) mass is 434 g/mol. The lowest BCUT2D eigenvalue weighted by molar-refractivity contribution is -0.136. The van der Waals surface area contributed by atoms with Crippen LogP contribution in [0.4, 0.5) is 11.4 Å². The highest BCUT2D eigenvalue weighted by Gasteiger charge is 2.38. The van der Waals surface area contributed by atoms with Gasteiger partial charge in [-0.1, -0.05) is 30.3 Å². The molecule has 2 amide bonds. The Morgan fingerprint density at radius 2 is 1.59 bits per heavy atom. The van der Waals surface area contributed by atoms with E-state index in [4.69, 9.17) is 4.74 Å². The number of carbonyl (C=O) groups excluding carboxylic acids is 2. The summed E-state index contributed by atoms with van der Waals surface area (Å²) in [5.74, 6) is -0.511. The quantitative estimate of drug-likeness (QED) is 0.645. The highest BCUT2D eigenvalue weighted by Crippen LogP contribution is 2.31. The Bertz CT molecular complexity index is 980. The Kier molecular flexibility index (Phi) is 6.87. The molecule has 0 unspecified atom stereocenters. The zero-order chi connectivity index (χ0) is 22.5. The topological polar surface area (TPSA) is 65.1 Å². The molecule has 2 heterocycles. The lowest BCUT2D eigenvalue weighted by atomic mass is 10.0. The molecule has 2 aromatic carbocycles. The SMILES string of the molecule is CN(C)c1ccc(NC2=C(c3ccccc3)C(=O)N(CCCN3CCOCC3)C2=O)cc1. The highest BCUT2D eigenvalue weighted by molar-refractivity contribution is 6.36. The number of nitrogens with zero attached hydrogens (tertiary/aromatic N) is 3. The van der Waals surface area contributed by atoms with E-state index < -0.39 is 0 Å². The number of ether oxygens (including phenoxy) is 1. The Morgan fingerprint density at radius 1 is 0.906 bits per heavy atom. The fourth-order valence-electron chi connectivity index (χ4n) is 4.03. The van der Waals surface area contributed by atoms with Gasteiger partial charge in [0.2, 0.25) is 0 Å². The molecular weight excluding hydrogens is 404 g/mol. The molecule has 168 valence electrons. The number of hydrogen-bond acceptors (Lipinski definition) is 6. The zero-order valence-electron chi connectivity index (χ0n) is 18.7. The van der Waals surface area contributed by atoms with E-state index in [1.165, 1.54) is 4.90 Å². The molecule has 1 saturated heterocycles. The fourth-order valence-corrected chi connectivity index (χ4v) is 4.03. The first-order chi connectivity index (χ1) is 15.5. The minimum atomic E-state index is -0.271. The van der Waals surface area contributed by atoms with Crippen molar-refractivity contribution in [3.8, 4) is 0 Å². The zero-order valence-corrected chi connectivity index (χ0v) is 18.7. The van der Waals surface area contributed by atoms with Gasteiger partial charge < -0.3 is 15.0 Å². The average Bonchev–Trinajstić information content (AvgIpc) is 3.05. The van der Waals surface area contributed by atoms with Crippen LogP contribution >= 0.6 is 0 Å². The fraction of sp³-hybridized carbons (Fsp3) is 0.360. The predicted octanol–water partition coefficient (Wildman–Crippen LogP) is 2.67. The second-order valence-electron chi connectivity index (χ2n) is 8.25. The van der Waals surface area contributed by atoms with Crippen LogP contribution in [0.25, 0.3) is 5.57 Å². The molecule has 2 aliphatic heterocycles. The molecule has 7 heteroatoms. The van der Waals surface area contributed by atoms with E-state index in [1.54, 1.807) is 0 Å². The molecule has 2 aliphatic rings. The van der Waals surface area contributed by atoms with Gasteiger partial charge in [0.05, 0.1) is 18.8 Å². The van der Waals surface area contributed by atoms with Gasteiger partial charge >= 0.3 is 0 Å². The van der Waals surface area contributed by atoms with Gasteiger partial charge in [0, 0.05) is 51.6 Å². The number of rotatable bonds is 8. The summed E-state index contributed by atoms with van der Waals surface area (Å²) in [6, 6.07) is 17.2. The van der Waals surface area contributed by atoms with Crippen LogP contribution in [0.15, 0.2) is 60.3 Å². The summed E-state index contributed by atoms with van der Waals surface area (Å²) in [7, 11) is 3.96. The van der Waals surface area contributed by atoms with Gasteiger partial charge in [0.1, 0.15) is 5.70 Å². The number of imide groups is 1. The maximum absolute atomic E-state index is 13.3. The number of benzene rings is 2. The third kappa shape index (κ3) is 4.84. The molecular formula is C25H30N4O3. The largest absolute Gasteiger partial charge is 0.379 e. The van der Waals surface area contributed by atoms with Gasteiger partial charge in [-0.2, -0.15) is 0 Å². The molecule has 4 rings (SSSR count). The van der Waals surface area contributed by atoms with Crippen LogP contribution in [0.1, 0.15) is 12.0 Å². The van der Waals surface area contributed by atoms with Crippen molar-refractivity contribution in [1.82, 2.24) is 9.80 Å². The van der Waals surface area contributed by atoms with Crippen LogP contribution in [-0.4, -0.2) is 75.1 Å². The van der Waals surface area contributed by atoms with Gasteiger partial charge in [0.25, 0.3) is 11.8 Å². The van der Waals surface area contributed by atoms with E-state index in [9.17, 15) is 9.59 Å².